The Kier molecular flexibility index (Phi) is 5.32. The third kappa shape index (κ3) is 2.90. The predicted octanol–water partition coefficient (Wildman–Crippen LogP) is 2.83. The van der Waals surface area contributed by atoms with Crippen molar-refractivity contribution in [2.75, 3.05) is 28.3 Å². The summed E-state index contributed by atoms with van der Waals surface area (Å²) in [6.07, 6.45) is 0.905. The van der Waals surface area contributed by atoms with Crippen LogP contribution < -0.4 is 10.1 Å². The van der Waals surface area contributed by atoms with Crippen LogP contribution in [0.5, 0.6) is 5.75 Å². The number of hydrogen-bond donors (Lipinski definition) is 1. The van der Waals surface area contributed by atoms with Crippen molar-refractivity contribution in [3.63, 3.8) is 0 Å². The molecule has 0 fully saturated rings. The van der Waals surface area contributed by atoms with Crippen molar-refractivity contribution in [2.24, 2.45) is 0 Å². The number of methoxy groups -OCH3 is 1. The van der Waals surface area contributed by atoms with Crippen LogP contribution >= 0.6 is 0 Å². The molecule has 0 aliphatic rings. The van der Waals surface area contributed by atoms with E-state index in [1.165, 1.54) is 7.11 Å². The molecule has 0 amide bonds. The molecule has 19 heavy (non-hydrogen) atoms. The molecule has 0 heterocycles. The van der Waals surface area contributed by atoms with E-state index in [1.54, 1.807) is 6.07 Å². The summed E-state index contributed by atoms with van der Waals surface area (Å²) in [4.78, 5) is 2.13. The molecule has 0 saturated carbocycles. The van der Waals surface area contributed by atoms with Gasteiger partial charge in [0.2, 0.25) is 0 Å². The zero-order valence-electron chi connectivity index (χ0n) is 12.7. The van der Waals surface area contributed by atoms with E-state index in [9.17, 15) is 4.39 Å². The third-order valence-corrected chi connectivity index (χ3v) is 4.17. The fraction of sp³-hybridized carbons (Fsp3) is 0.600. The van der Waals surface area contributed by atoms with Gasteiger partial charge in [-0.1, -0.05) is 19.1 Å². The Hall–Kier alpha value is -1.13. The molecule has 2 atom stereocenters. The molecule has 1 N–H and O–H groups in total. The maximum absolute atomic E-state index is 14.5. The SMILES string of the molecule is CCC(C)(C(NC)c1cccc(OC)c1F)N(C)C. The van der Waals surface area contributed by atoms with Crippen molar-refractivity contribution >= 4 is 0 Å². The molecule has 3 nitrogen and oxygen atoms in total. The third-order valence-electron chi connectivity index (χ3n) is 4.17. The molecule has 0 bridgehead atoms. The zero-order valence-corrected chi connectivity index (χ0v) is 12.7. The summed E-state index contributed by atoms with van der Waals surface area (Å²) in [5.74, 6) is 0.000772. The Balaban J connectivity index is 3.31. The van der Waals surface area contributed by atoms with Crippen molar-refractivity contribution < 1.29 is 9.13 Å². The van der Waals surface area contributed by atoms with Gasteiger partial charge in [0.15, 0.2) is 11.6 Å². The molecule has 0 saturated heterocycles. The minimum absolute atomic E-state index is 0.109. The van der Waals surface area contributed by atoms with Gasteiger partial charge in [0.05, 0.1) is 13.2 Å². The Morgan fingerprint density at radius 3 is 2.47 bits per heavy atom. The number of ether oxygens (including phenoxy) is 1. The van der Waals surface area contributed by atoms with Crippen molar-refractivity contribution in [2.45, 2.75) is 31.8 Å². The highest BCUT2D eigenvalue weighted by Crippen LogP contribution is 2.35. The van der Waals surface area contributed by atoms with Crippen LogP contribution in [-0.2, 0) is 0 Å². The van der Waals surface area contributed by atoms with E-state index >= 15 is 0 Å². The van der Waals surface area contributed by atoms with E-state index < -0.39 is 0 Å². The molecule has 1 aromatic carbocycles. The van der Waals surface area contributed by atoms with Crippen molar-refractivity contribution in [3.8, 4) is 5.75 Å². The average Bonchev–Trinajstić information content (AvgIpc) is 2.40. The molecule has 0 radical (unpaired) electrons. The van der Waals surface area contributed by atoms with Crippen molar-refractivity contribution in [1.29, 1.82) is 0 Å². The fourth-order valence-corrected chi connectivity index (χ4v) is 2.49. The number of benzene rings is 1. The second kappa shape index (κ2) is 6.35. The molecule has 0 aliphatic heterocycles. The van der Waals surface area contributed by atoms with Gasteiger partial charge in [-0.25, -0.2) is 4.39 Å². The van der Waals surface area contributed by atoms with Crippen LogP contribution in [0.2, 0.25) is 0 Å². The normalized spacial score (nSPS) is 16.2. The van der Waals surface area contributed by atoms with Crippen LogP contribution in [-0.4, -0.2) is 38.7 Å². The summed E-state index contributed by atoms with van der Waals surface area (Å²) in [6, 6.07) is 5.18. The second-order valence-corrected chi connectivity index (χ2v) is 5.19. The summed E-state index contributed by atoms with van der Waals surface area (Å²) in [6.45, 7) is 4.25. The molecule has 108 valence electrons. The molecular weight excluding hydrogens is 243 g/mol. The fourth-order valence-electron chi connectivity index (χ4n) is 2.49. The van der Waals surface area contributed by atoms with Crippen LogP contribution in [0.15, 0.2) is 18.2 Å². The summed E-state index contributed by atoms with van der Waals surface area (Å²) < 4.78 is 19.5. The summed E-state index contributed by atoms with van der Waals surface area (Å²) >= 11 is 0. The quantitative estimate of drug-likeness (QED) is 0.858. The van der Waals surface area contributed by atoms with Crippen LogP contribution in [0.4, 0.5) is 4.39 Å². The first kappa shape index (κ1) is 15.9. The Labute approximate surface area is 115 Å². The van der Waals surface area contributed by atoms with Crippen molar-refractivity contribution in [3.05, 3.63) is 29.6 Å². The molecule has 2 unspecified atom stereocenters. The molecule has 0 spiro atoms. The molecule has 0 aromatic heterocycles. The van der Waals surface area contributed by atoms with E-state index in [0.717, 1.165) is 6.42 Å². The van der Waals surface area contributed by atoms with Gasteiger partial charge in [-0.3, -0.25) is 0 Å². The van der Waals surface area contributed by atoms with E-state index in [4.69, 9.17) is 4.74 Å². The largest absolute Gasteiger partial charge is 0.494 e. The number of rotatable bonds is 6. The van der Waals surface area contributed by atoms with Gasteiger partial charge in [0.1, 0.15) is 0 Å². The first-order valence-electron chi connectivity index (χ1n) is 6.59. The van der Waals surface area contributed by atoms with Crippen LogP contribution in [0.25, 0.3) is 0 Å². The number of nitrogens with one attached hydrogen (secondary N) is 1. The lowest BCUT2D eigenvalue weighted by atomic mass is 9.83. The topological polar surface area (TPSA) is 24.5 Å². The lowest BCUT2D eigenvalue weighted by molar-refractivity contribution is 0.115. The highest BCUT2D eigenvalue weighted by atomic mass is 19.1. The van der Waals surface area contributed by atoms with Gasteiger partial charge < -0.3 is 15.0 Å². The van der Waals surface area contributed by atoms with Gasteiger partial charge in [0.25, 0.3) is 0 Å². The number of hydrogen-bond acceptors (Lipinski definition) is 3. The average molecular weight is 268 g/mol. The molecule has 1 rings (SSSR count). The Bertz CT molecular complexity index is 423. The number of nitrogens with zero attached hydrogens (tertiary/aromatic N) is 1. The van der Waals surface area contributed by atoms with Crippen LogP contribution in [0, 0.1) is 5.82 Å². The number of likely N-dealkylation sites (N-methyl/N-ethyl adjacent to an activating group) is 2. The summed E-state index contributed by atoms with van der Waals surface area (Å²) in [5.41, 5.74) is 0.460. The lowest BCUT2D eigenvalue weighted by Crippen LogP contribution is -2.50. The molecule has 1 aromatic rings. The zero-order chi connectivity index (χ0) is 14.6. The molecule has 0 aliphatic carbocycles. The standard InChI is InChI=1S/C15H25FN2O/c1-7-15(2,18(4)5)14(17-3)11-9-8-10-12(19-6)13(11)16/h8-10,14,17H,7H2,1-6H3. The van der Waals surface area contributed by atoms with E-state index in [1.807, 2.05) is 33.3 Å². The first-order chi connectivity index (χ1) is 8.92. The second-order valence-electron chi connectivity index (χ2n) is 5.19. The van der Waals surface area contributed by atoms with Crippen LogP contribution in [0.1, 0.15) is 31.9 Å². The predicted molar refractivity (Wildman–Crippen MR) is 77.1 cm³/mol. The molecule has 4 heteroatoms. The van der Waals surface area contributed by atoms with Gasteiger partial charge in [-0.15, -0.1) is 0 Å². The maximum Gasteiger partial charge on any atom is 0.169 e. The van der Waals surface area contributed by atoms with Crippen molar-refractivity contribution in [1.82, 2.24) is 10.2 Å². The monoisotopic (exact) mass is 268 g/mol. The lowest BCUT2D eigenvalue weighted by Gasteiger charge is -2.43. The van der Waals surface area contributed by atoms with E-state index in [2.05, 4.69) is 24.1 Å². The van der Waals surface area contributed by atoms with E-state index in [-0.39, 0.29) is 23.1 Å². The first-order valence-corrected chi connectivity index (χ1v) is 6.59. The van der Waals surface area contributed by atoms with E-state index in [0.29, 0.717) is 5.56 Å². The minimum atomic E-state index is -0.286. The Morgan fingerprint density at radius 2 is 2.05 bits per heavy atom. The van der Waals surface area contributed by atoms with Crippen LogP contribution in [0.3, 0.4) is 0 Å². The highest BCUT2D eigenvalue weighted by molar-refractivity contribution is 5.34. The molecular formula is C15H25FN2O. The van der Waals surface area contributed by atoms with Gasteiger partial charge >= 0.3 is 0 Å². The van der Waals surface area contributed by atoms with Gasteiger partial charge in [-0.2, -0.15) is 0 Å². The highest BCUT2D eigenvalue weighted by Gasteiger charge is 2.36. The Morgan fingerprint density at radius 1 is 1.42 bits per heavy atom. The smallest absolute Gasteiger partial charge is 0.169 e. The maximum atomic E-state index is 14.5. The minimum Gasteiger partial charge on any atom is -0.494 e. The number of halogens is 1. The van der Waals surface area contributed by atoms with Gasteiger partial charge in [0, 0.05) is 11.1 Å². The van der Waals surface area contributed by atoms with Gasteiger partial charge in [-0.05, 0) is 40.6 Å². The summed E-state index contributed by atoms with van der Waals surface area (Å²) in [7, 11) is 7.39. The summed E-state index contributed by atoms with van der Waals surface area (Å²) in [5, 5.41) is 3.25.